The average Bonchev–Trinajstić information content (AvgIpc) is 3.51. The molecule has 174 valence electrons. The van der Waals surface area contributed by atoms with Crippen molar-refractivity contribution in [1.82, 2.24) is 10.0 Å². The van der Waals surface area contributed by atoms with Crippen LogP contribution >= 0.6 is 23.2 Å². The van der Waals surface area contributed by atoms with Gasteiger partial charge >= 0.3 is 0 Å². The molecule has 8 heteroatoms. The Kier molecular flexibility index (Phi) is 5.61. The number of nitrogens with zero attached hydrogens (tertiary/aromatic N) is 2. The molecule has 3 aliphatic rings. The predicted molar refractivity (Wildman–Crippen MR) is 127 cm³/mol. The monoisotopic (exact) mass is 496 g/mol. The predicted octanol–water partition coefficient (Wildman–Crippen LogP) is 4.74. The second-order valence-corrected chi connectivity index (χ2v) is 9.99. The normalized spacial score (nSPS) is 25.6. The SMILES string of the molecule is Cc1ccc(C(=O)[C@H](C)N(C(=O)c2ccc(Cl)c(Cl)c2)N2C(=O)[C@H]3[C@H](C2=O)[C@H]2C=C[C@H]3C2)cc1. The fourth-order valence-electron chi connectivity index (χ4n) is 5.37. The summed E-state index contributed by atoms with van der Waals surface area (Å²) in [4.78, 5) is 54.2. The van der Waals surface area contributed by atoms with E-state index in [4.69, 9.17) is 23.2 Å². The Morgan fingerprint density at radius 2 is 1.47 bits per heavy atom. The molecule has 2 aromatic carbocycles. The largest absolute Gasteiger partial charge is 0.292 e. The van der Waals surface area contributed by atoms with E-state index < -0.39 is 35.6 Å². The molecule has 2 bridgehead atoms. The number of carbonyl (C=O) groups is 4. The molecule has 2 aromatic rings. The van der Waals surface area contributed by atoms with Gasteiger partial charge < -0.3 is 0 Å². The van der Waals surface area contributed by atoms with Crippen LogP contribution in [0.1, 0.15) is 39.6 Å². The van der Waals surface area contributed by atoms with E-state index in [1.807, 2.05) is 19.1 Å². The summed E-state index contributed by atoms with van der Waals surface area (Å²) in [5, 5.41) is 2.33. The van der Waals surface area contributed by atoms with E-state index in [2.05, 4.69) is 0 Å². The summed E-state index contributed by atoms with van der Waals surface area (Å²) >= 11 is 12.1. The van der Waals surface area contributed by atoms with Gasteiger partial charge in [-0.25, -0.2) is 5.01 Å². The van der Waals surface area contributed by atoms with Crippen LogP contribution in [0, 0.1) is 30.6 Å². The van der Waals surface area contributed by atoms with Crippen molar-refractivity contribution in [3.8, 4) is 0 Å². The number of imide groups is 1. The van der Waals surface area contributed by atoms with Crippen molar-refractivity contribution in [1.29, 1.82) is 0 Å². The van der Waals surface area contributed by atoms with Crippen molar-refractivity contribution in [2.24, 2.45) is 23.7 Å². The summed E-state index contributed by atoms with van der Waals surface area (Å²) in [6.45, 7) is 3.43. The number of fused-ring (bicyclic) bond motifs is 5. The highest BCUT2D eigenvalue weighted by Crippen LogP contribution is 2.53. The van der Waals surface area contributed by atoms with Crippen molar-refractivity contribution in [3.05, 3.63) is 81.4 Å². The summed E-state index contributed by atoms with van der Waals surface area (Å²) < 4.78 is 0. The van der Waals surface area contributed by atoms with Gasteiger partial charge in [0.1, 0.15) is 6.04 Å². The number of ketones is 1. The number of amides is 3. The highest BCUT2D eigenvalue weighted by atomic mass is 35.5. The van der Waals surface area contributed by atoms with E-state index in [0.29, 0.717) is 5.56 Å². The van der Waals surface area contributed by atoms with Gasteiger partial charge in [0.2, 0.25) is 0 Å². The van der Waals surface area contributed by atoms with E-state index in [9.17, 15) is 19.2 Å². The van der Waals surface area contributed by atoms with Crippen LogP contribution < -0.4 is 0 Å². The van der Waals surface area contributed by atoms with Gasteiger partial charge in [-0.2, -0.15) is 5.01 Å². The van der Waals surface area contributed by atoms with Crippen LogP contribution in [0.4, 0.5) is 0 Å². The van der Waals surface area contributed by atoms with Gasteiger partial charge in [0.15, 0.2) is 5.78 Å². The molecule has 34 heavy (non-hydrogen) atoms. The number of carbonyl (C=O) groups excluding carboxylic acids is 4. The van der Waals surface area contributed by atoms with Crippen molar-refractivity contribution < 1.29 is 19.2 Å². The first-order valence-corrected chi connectivity index (χ1v) is 11.9. The third kappa shape index (κ3) is 3.48. The maximum absolute atomic E-state index is 13.7. The number of rotatable bonds is 5. The van der Waals surface area contributed by atoms with Gasteiger partial charge in [0.25, 0.3) is 17.7 Å². The molecular weight excluding hydrogens is 475 g/mol. The number of hydrazine groups is 1. The summed E-state index contributed by atoms with van der Waals surface area (Å²) in [7, 11) is 0. The first-order chi connectivity index (χ1) is 16.2. The lowest BCUT2D eigenvalue weighted by molar-refractivity contribution is -0.157. The molecule has 1 saturated heterocycles. The molecule has 1 aliphatic heterocycles. The second kappa shape index (κ2) is 8.36. The molecule has 0 aromatic heterocycles. The first-order valence-electron chi connectivity index (χ1n) is 11.1. The zero-order valence-electron chi connectivity index (χ0n) is 18.6. The van der Waals surface area contributed by atoms with E-state index in [-0.39, 0.29) is 33.2 Å². The molecule has 1 heterocycles. The molecular formula is C26H22Cl2N2O4. The standard InChI is InChI=1S/C26H22Cl2N2O4/c1-13-3-5-15(6-4-13)23(31)14(2)29(24(32)18-9-10-19(27)20(28)12-18)30-25(33)21-16-7-8-17(11-16)22(21)26(30)34/h3-10,12,14,16-17,21-22H,11H2,1-2H3/t14-,16-,17-,21+,22+/m0/s1. The van der Waals surface area contributed by atoms with Crippen molar-refractivity contribution >= 4 is 46.7 Å². The van der Waals surface area contributed by atoms with Crippen molar-refractivity contribution in [2.45, 2.75) is 26.3 Å². The summed E-state index contributed by atoms with van der Waals surface area (Å²) in [5.41, 5.74) is 1.48. The minimum Gasteiger partial charge on any atom is -0.292 e. The molecule has 1 saturated carbocycles. The van der Waals surface area contributed by atoms with Crippen molar-refractivity contribution in [2.75, 3.05) is 0 Å². The van der Waals surface area contributed by atoms with Gasteiger partial charge in [0, 0.05) is 11.1 Å². The Balaban J connectivity index is 1.56. The number of hydrogen-bond acceptors (Lipinski definition) is 4. The lowest BCUT2D eigenvalue weighted by Gasteiger charge is -2.35. The average molecular weight is 497 g/mol. The van der Waals surface area contributed by atoms with E-state index in [0.717, 1.165) is 22.0 Å². The lowest BCUT2D eigenvalue weighted by Crippen LogP contribution is -2.56. The maximum Gasteiger partial charge on any atom is 0.273 e. The molecule has 0 N–H and O–H groups in total. The number of aryl methyl sites for hydroxylation is 1. The van der Waals surface area contributed by atoms with Gasteiger partial charge in [-0.3, -0.25) is 19.2 Å². The molecule has 6 nitrogen and oxygen atoms in total. The number of allylic oxidation sites excluding steroid dienone is 2. The molecule has 2 aliphatic carbocycles. The Bertz CT molecular complexity index is 1230. The number of benzene rings is 2. The highest BCUT2D eigenvalue weighted by Gasteiger charge is 2.61. The molecule has 5 rings (SSSR count). The summed E-state index contributed by atoms with van der Waals surface area (Å²) in [6, 6.07) is 10.1. The minimum absolute atomic E-state index is 0.0264. The Morgan fingerprint density at radius 3 is 2.03 bits per heavy atom. The van der Waals surface area contributed by atoms with Crippen LogP contribution in [0.5, 0.6) is 0 Å². The Labute approximate surface area is 207 Å². The van der Waals surface area contributed by atoms with Crippen LogP contribution in [0.15, 0.2) is 54.6 Å². The Morgan fingerprint density at radius 1 is 0.912 bits per heavy atom. The van der Waals surface area contributed by atoms with Crippen LogP contribution in [-0.2, 0) is 9.59 Å². The zero-order chi connectivity index (χ0) is 24.3. The summed E-state index contributed by atoms with van der Waals surface area (Å²) in [5.74, 6) is -3.00. The van der Waals surface area contributed by atoms with E-state index in [1.54, 1.807) is 24.3 Å². The van der Waals surface area contributed by atoms with Gasteiger partial charge in [-0.1, -0.05) is 65.2 Å². The highest BCUT2D eigenvalue weighted by molar-refractivity contribution is 6.42. The van der Waals surface area contributed by atoms with Gasteiger partial charge in [0.05, 0.1) is 21.9 Å². The third-order valence-electron chi connectivity index (χ3n) is 7.12. The van der Waals surface area contributed by atoms with Gasteiger partial charge in [-0.05, 0) is 50.3 Å². The topological polar surface area (TPSA) is 74.8 Å². The van der Waals surface area contributed by atoms with Crippen LogP contribution in [-0.4, -0.2) is 39.6 Å². The first kappa shape index (κ1) is 22.8. The third-order valence-corrected chi connectivity index (χ3v) is 7.86. The van der Waals surface area contributed by atoms with Crippen molar-refractivity contribution in [3.63, 3.8) is 0 Å². The zero-order valence-corrected chi connectivity index (χ0v) is 20.1. The molecule has 3 amide bonds. The smallest absolute Gasteiger partial charge is 0.273 e. The minimum atomic E-state index is -1.11. The molecule has 5 atom stereocenters. The Hall–Kier alpha value is -2.96. The second-order valence-electron chi connectivity index (χ2n) is 9.17. The molecule has 2 fully saturated rings. The number of hydrogen-bond donors (Lipinski definition) is 0. The van der Waals surface area contributed by atoms with Gasteiger partial charge in [-0.15, -0.1) is 0 Å². The quantitative estimate of drug-likeness (QED) is 0.340. The fourth-order valence-corrected chi connectivity index (χ4v) is 5.67. The van der Waals surface area contributed by atoms with E-state index >= 15 is 0 Å². The molecule has 0 unspecified atom stereocenters. The molecule has 0 radical (unpaired) electrons. The van der Waals surface area contributed by atoms with Crippen LogP contribution in [0.25, 0.3) is 0 Å². The number of Topliss-reactive ketones (excluding diaryl/α,β-unsaturated/α-hetero) is 1. The van der Waals surface area contributed by atoms with E-state index in [1.165, 1.54) is 25.1 Å². The summed E-state index contributed by atoms with van der Waals surface area (Å²) in [6.07, 6.45) is 4.72. The fraction of sp³-hybridized carbons (Fsp3) is 0.308. The number of halogens is 2. The van der Waals surface area contributed by atoms with Crippen LogP contribution in [0.2, 0.25) is 10.0 Å². The maximum atomic E-state index is 13.7. The lowest BCUT2D eigenvalue weighted by atomic mass is 9.85. The molecule has 0 spiro atoms. The van der Waals surface area contributed by atoms with Crippen LogP contribution in [0.3, 0.4) is 0 Å².